The summed E-state index contributed by atoms with van der Waals surface area (Å²) in [6.07, 6.45) is 1.64. The van der Waals surface area contributed by atoms with Crippen molar-refractivity contribution in [3.63, 3.8) is 0 Å². The molecule has 0 spiro atoms. The number of aryl methyl sites for hydroxylation is 2. The third kappa shape index (κ3) is 3.41. The summed E-state index contributed by atoms with van der Waals surface area (Å²) in [6, 6.07) is 16.0. The molecule has 0 saturated carbocycles. The summed E-state index contributed by atoms with van der Waals surface area (Å²) in [5.41, 5.74) is 8.67. The standard InChI is InChI=1S/C16H14IN3O/c17-12-7-8-14(18)13(10-12)16-19-15(20-21-16)9-6-11-4-2-1-3-5-11/h1-5,7-8,10H,6,9,18H2. The van der Waals surface area contributed by atoms with Gasteiger partial charge in [-0.15, -0.1) is 0 Å². The minimum absolute atomic E-state index is 0.481. The first-order valence-corrected chi connectivity index (χ1v) is 7.72. The van der Waals surface area contributed by atoms with E-state index in [0.717, 1.165) is 22.0 Å². The van der Waals surface area contributed by atoms with E-state index in [-0.39, 0.29) is 0 Å². The van der Waals surface area contributed by atoms with Crippen molar-refractivity contribution in [2.75, 3.05) is 5.73 Å². The average Bonchev–Trinajstić information content (AvgIpc) is 2.97. The van der Waals surface area contributed by atoms with E-state index >= 15 is 0 Å². The van der Waals surface area contributed by atoms with E-state index in [1.807, 2.05) is 36.4 Å². The maximum atomic E-state index is 5.96. The lowest BCUT2D eigenvalue weighted by molar-refractivity contribution is 0.422. The second-order valence-corrected chi connectivity index (χ2v) is 5.98. The van der Waals surface area contributed by atoms with Crippen LogP contribution in [0.1, 0.15) is 11.4 Å². The van der Waals surface area contributed by atoms with Crippen LogP contribution in [0, 0.1) is 3.57 Å². The van der Waals surface area contributed by atoms with Gasteiger partial charge in [0.15, 0.2) is 5.82 Å². The van der Waals surface area contributed by atoms with Gasteiger partial charge in [0.05, 0.1) is 5.56 Å². The lowest BCUT2D eigenvalue weighted by Gasteiger charge is -2.00. The van der Waals surface area contributed by atoms with Gasteiger partial charge in [0.1, 0.15) is 0 Å². The van der Waals surface area contributed by atoms with Crippen molar-refractivity contribution >= 4 is 28.3 Å². The number of hydrogen-bond acceptors (Lipinski definition) is 4. The molecule has 1 heterocycles. The normalized spacial score (nSPS) is 10.7. The Labute approximate surface area is 136 Å². The predicted molar refractivity (Wildman–Crippen MR) is 90.7 cm³/mol. The summed E-state index contributed by atoms with van der Waals surface area (Å²) in [7, 11) is 0. The Balaban J connectivity index is 1.76. The Kier molecular flexibility index (Phi) is 4.19. The van der Waals surface area contributed by atoms with E-state index in [2.05, 4.69) is 44.9 Å². The van der Waals surface area contributed by atoms with Gasteiger partial charge < -0.3 is 10.3 Å². The topological polar surface area (TPSA) is 64.9 Å². The summed E-state index contributed by atoms with van der Waals surface area (Å²) >= 11 is 2.23. The molecule has 1 aromatic heterocycles. The maximum absolute atomic E-state index is 5.96. The highest BCUT2D eigenvalue weighted by Crippen LogP contribution is 2.26. The van der Waals surface area contributed by atoms with E-state index in [9.17, 15) is 0 Å². The highest BCUT2D eigenvalue weighted by molar-refractivity contribution is 14.1. The summed E-state index contributed by atoms with van der Waals surface area (Å²) in [5, 5.41) is 4.03. The molecule has 0 bridgehead atoms. The molecule has 3 aromatic rings. The molecule has 0 aliphatic heterocycles. The second-order valence-electron chi connectivity index (χ2n) is 4.73. The molecule has 2 N–H and O–H groups in total. The summed E-state index contributed by atoms with van der Waals surface area (Å²) in [5.74, 6) is 1.18. The van der Waals surface area contributed by atoms with E-state index in [1.165, 1.54) is 5.56 Å². The molecule has 3 rings (SSSR count). The molecule has 21 heavy (non-hydrogen) atoms. The van der Waals surface area contributed by atoms with Gasteiger partial charge in [-0.1, -0.05) is 35.5 Å². The fraction of sp³-hybridized carbons (Fsp3) is 0.125. The third-order valence-corrected chi connectivity index (χ3v) is 3.86. The zero-order valence-electron chi connectivity index (χ0n) is 11.3. The van der Waals surface area contributed by atoms with Crippen molar-refractivity contribution in [2.24, 2.45) is 0 Å². The fourth-order valence-corrected chi connectivity index (χ4v) is 2.57. The van der Waals surface area contributed by atoms with Crippen LogP contribution in [0.3, 0.4) is 0 Å². The molecule has 0 saturated heterocycles. The molecule has 0 aliphatic rings. The SMILES string of the molecule is Nc1ccc(I)cc1-c1nc(CCc2ccccc2)no1. The van der Waals surface area contributed by atoms with Crippen molar-refractivity contribution in [3.8, 4) is 11.5 Å². The van der Waals surface area contributed by atoms with Crippen LogP contribution in [-0.4, -0.2) is 10.1 Å². The van der Waals surface area contributed by atoms with Gasteiger partial charge in [0, 0.05) is 15.7 Å². The van der Waals surface area contributed by atoms with E-state index in [1.54, 1.807) is 0 Å². The molecule has 0 atom stereocenters. The van der Waals surface area contributed by atoms with Crippen LogP contribution in [0.5, 0.6) is 0 Å². The minimum atomic E-state index is 0.481. The van der Waals surface area contributed by atoms with E-state index in [4.69, 9.17) is 10.3 Å². The molecule has 5 heteroatoms. The predicted octanol–water partition coefficient (Wildman–Crippen LogP) is 3.71. The first kappa shape index (κ1) is 14.1. The second kappa shape index (κ2) is 6.26. The highest BCUT2D eigenvalue weighted by atomic mass is 127. The van der Waals surface area contributed by atoms with Crippen LogP contribution in [-0.2, 0) is 12.8 Å². The summed E-state index contributed by atoms with van der Waals surface area (Å²) in [4.78, 5) is 4.44. The van der Waals surface area contributed by atoms with Gasteiger partial charge >= 0.3 is 0 Å². The largest absolute Gasteiger partial charge is 0.398 e. The van der Waals surface area contributed by atoms with Crippen LogP contribution >= 0.6 is 22.6 Å². The third-order valence-electron chi connectivity index (χ3n) is 3.19. The molecule has 4 nitrogen and oxygen atoms in total. The minimum Gasteiger partial charge on any atom is -0.398 e. The Morgan fingerprint density at radius 3 is 2.67 bits per heavy atom. The van der Waals surface area contributed by atoms with E-state index in [0.29, 0.717) is 17.4 Å². The zero-order valence-corrected chi connectivity index (χ0v) is 13.4. The average molecular weight is 391 g/mol. The Morgan fingerprint density at radius 1 is 1.05 bits per heavy atom. The molecule has 0 aliphatic carbocycles. The van der Waals surface area contributed by atoms with Crippen molar-refractivity contribution in [1.82, 2.24) is 10.1 Å². The molecule has 2 aromatic carbocycles. The molecule has 0 fully saturated rings. The summed E-state index contributed by atoms with van der Waals surface area (Å²) < 4.78 is 6.41. The lowest BCUT2D eigenvalue weighted by atomic mass is 10.1. The number of halogens is 1. The van der Waals surface area contributed by atoms with E-state index < -0.39 is 0 Å². The van der Waals surface area contributed by atoms with Crippen LogP contribution in [0.25, 0.3) is 11.5 Å². The quantitative estimate of drug-likeness (QED) is 0.544. The zero-order chi connectivity index (χ0) is 14.7. The molecular formula is C16H14IN3O. The molecule has 0 radical (unpaired) electrons. The Hall–Kier alpha value is -1.89. The first-order chi connectivity index (χ1) is 10.2. The van der Waals surface area contributed by atoms with Gasteiger partial charge in [-0.2, -0.15) is 4.98 Å². The smallest absolute Gasteiger partial charge is 0.260 e. The van der Waals surface area contributed by atoms with Gasteiger partial charge in [-0.05, 0) is 52.8 Å². The van der Waals surface area contributed by atoms with Gasteiger partial charge in [0.2, 0.25) is 0 Å². The fourth-order valence-electron chi connectivity index (χ4n) is 2.08. The molecule has 0 amide bonds. The number of nitrogens with two attached hydrogens (primary N) is 1. The van der Waals surface area contributed by atoms with Crippen molar-refractivity contribution in [3.05, 3.63) is 63.5 Å². The van der Waals surface area contributed by atoms with Crippen molar-refractivity contribution < 1.29 is 4.52 Å². The first-order valence-electron chi connectivity index (χ1n) is 6.64. The van der Waals surface area contributed by atoms with Crippen LogP contribution in [0.15, 0.2) is 53.1 Å². The van der Waals surface area contributed by atoms with Crippen LogP contribution in [0.2, 0.25) is 0 Å². The maximum Gasteiger partial charge on any atom is 0.260 e. The number of anilines is 1. The van der Waals surface area contributed by atoms with Crippen molar-refractivity contribution in [1.29, 1.82) is 0 Å². The highest BCUT2D eigenvalue weighted by Gasteiger charge is 2.12. The monoisotopic (exact) mass is 391 g/mol. The summed E-state index contributed by atoms with van der Waals surface area (Å²) in [6.45, 7) is 0. The molecule has 106 valence electrons. The van der Waals surface area contributed by atoms with Gasteiger partial charge in [-0.25, -0.2) is 0 Å². The number of benzene rings is 2. The van der Waals surface area contributed by atoms with Crippen LogP contribution < -0.4 is 5.73 Å². The number of aromatic nitrogens is 2. The van der Waals surface area contributed by atoms with Crippen LogP contribution in [0.4, 0.5) is 5.69 Å². The Bertz CT molecular complexity index is 740. The number of rotatable bonds is 4. The van der Waals surface area contributed by atoms with Gasteiger partial charge in [-0.3, -0.25) is 0 Å². The molecular weight excluding hydrogens is 377 g/mol. The molecule has 0 unspecified atom stereocenters. The number of hydrogen-bond donors (Lipinski definition) is 1. The van der Waals surface area contributed by atoms with Crippen molar-refractivity contribution in [2.45, 2.75) is 12.8 Å². The number of nitrogen functional groups attached to an aromatic ring is 1. The number of nitrogens with zero attached hydrogens (tertiary/aromatic N) is 2. The lowest BCUT2D eigenvalue weighted by Crippen LogP contribution is -1.94. The Morgan fingerprint density at radius 2 is 1.86 bits per heavy atom. The van der Waals surface area contributed by atoms with Gasteiger partial charge in [0.25, 0.3) is 5.89 Å².